The van der Waals surface area contributed by atoms with Gasteiger partial charge in [-0.05, 0) is 55.1 Å². The predicted octanol–water partition coefficient (Wildman–Crippen LogP) is 3.38. The Kier molecular flexibility index (Phi) is 8.38. The number of aliphatic hydroxyl groups is 1. The zero-order valence-electron chi connectivity index (χ0n) is 13.2. The largest absolute Gasteiger partial charge is 0.389 e. The first-order valence-corrected chi connectivity index (χ1v) is 8.44. The smallest absolute Gasteiger partial charge is 0.0900 e. The number of rotatable bonds is 10. The van der Waals surface area contributed by atoms with Gasteiger partial charge in [0, 0.05) is 13.1 Å². The Morgan fingerprint density at radius 3 is 2.60 bits per heavy atom. The van der Waals surface area contributed by atoms with E-state index in [9.17, 15) is 5.11 Å². The van der Waals surface area contributed by atoms with Crippen molar-refractivity contribution in [3.63, 3.8) is 0 Å². The van der Waals surface area contributed by atoms with Crippen molar-refractivity contribution in [3.8, 4) is 0 Å². The highest BCUT2D eigenvalue weighted by atomic mass is 32.1. The summed E-state index contributed by atoms with van der Waals surface area (Å²) in [6, 6.07) is 2.16. The summed E-state index contributed by atoms with van der Waals surface area (Å²) >= 11 is 1.73. The molecule has 0 spiro atoms. The first-order chi connectivity index (χ1) is 9.47. The van der Waals surface area contributed by atoms with Gasteiger partial charge in [-0.15, -0.1) is 0 Å². The lowest BCUT2D eigenvalue weighted by Crippen LogP contribution is -2.36. The van der Waals surface area contributed by atoms with E-state index in [1.165, 1.54) is 5.56 Å². The molecule has 1 N–H and O–H groups in total. The normalized spacial score (nSPS) is 13.6. The quantitative estimate of drug-likeness (QED) is 0.719. The molecular weight excluding hydrogens is 270 g/mol. The van der Waals surface area contributed by atoms with Crippen molar-refractivity contribution in [1.29, 1.82) is 0 Å². The molecule has 1 rings (SSSR count). The third-order valence-electron chi connectivity index (χ3n) is 3.10. The molecule has 0 aromatic carbocycles. The van der Waals surface area contributed by atoms with Gasteiger partial charge in [0.1, 0.15) is 0 Å². The monoisotopic (exact) mass is 299 g/mol. The molecule has 0 aliphatic carbocycles. The van der Waals surface area contributed by atoms with Gasteiger partial charge in [0.25, 0.3) is 0 Å². The Hall–Kier alpha value is -0.420. The summed E-state index contributed by atoms with van der Waals surface area (Å²) in [6.45, 7) is 11.5. The Morgan fingerprint density at radius 1 is 1.30 bits per heavy atom. The number of aliphatic hydroxyl groups excluding tert-OH is 1. The fourth-order valence-electron chi connectivity index (χ4n) is 1.97. The van der Waals surface area contributed by atoms with Gasteiger partial charge in [0.05, 0.1) is 18.8 Å². The fraction of sp³-hybridized carbons (Fsp3) is 0.750. The van der Waals surface area contributed by atoms with E-state index in [-0.39, 0.29) is 6.10 Å². The highest BCUT2D eigenvalue weighted by Crippen LogP contribution is 2.12. The summed E-state index contributed by atoms with van der Waals surface area (Å²) in [6.07, 6.45) is 0.913. The predicted molar refractivity (Wildman–Crippen MR) is 86.1 cm³/mol. The Balaban J connectivity index is 2.44. The first-order valence-electron chi connectivity index (χ1n) is 7.50. The van der Waals surface area contributed by atoms with Crippen molar-refractivity contribution in [2.24, 2.45) is 5.92 Å². The van der Waals surface area contributed by atoms with Crippen LogP contribution >= 0.6 is 11.3 Å². The van der Waals surface area contributed by atoms with E-state index >= 15 is 0 Å². The van der Waals surface area contributed by atoms with Gasteiger partial charge in [-0.1, -0.05) is 13.8 Å². The lowest BCUT2D eigenvalue weighted by Gasteiger charge is -2.26. The van der Waals surface area contributed by atoms with Gasteiger partial charge < -0.3 is 9.84 Å². The van der Waals surface area contributed by atoms with Crippen molar-refractivity contribution in [2.75, 3.05) is 19.7 Å². The summed E-state index contributed by atoms with van der Waals surface area (Å²) in [5.74, 6) is 0.684. The third kappa shape index (κ3) is 8.00. The fourth-order valence-corrected chi connectivity index (χ4v) is 2.63. The minimum Gasteiger partial charge on any atom is -0.389 e. The molecule has 1 atom stereocenters. The van der Waals surface area contributed by atoms with Crippen LogP contribution in [0.4, 0.5) is 0 Å². The molecule has 0 amide bonds. The van der Waals surface area contributed by atoms with Crippen molar-refractivity contribution in [2.45, 2.75) is 52.9 Å². The van der Waals surface area contributed by atoms with Crippen LogP contribution in [0.25, 0.3) is 0 Å². The maximum atomic E-state index is 10.1. The van der Waals surface area contributed by atoms with E-state index in [1.807, 2.05) is 13.8 Å². The zero-order chi connectivity index (χ0) is 15.0. The molecule has 0 aliphatic rings. The maximum absolute atomic E-state index is 10.1. The lowest BCUT2D eigenvalue weighted by molar-refractivity contribution is -0.00996. The van der Waals surface area contributed by atoms with E-state index in [2.05, 4.69) is 35.6 Å². The molecular formula is C16H29NO2S. The van der Waals surface area contributed by atoms with Gasteiger partial charge in [-0.2, -0.15) is 11.3 Å². The Bertz CT molecular complexity index is 338. The van der Waals surface area contributed by atoms with Crippen molar-refractivity contribution in [3.05, 3.63) is 22.4 Å². The first kappa shape index (κ1) is 17.6. The maximum Gasteiger partial charge on any atom is 0.0900 e. The second kappa shape index (κ2) is 9.50. The minimum atomic E-state index is -0.414. The van der Waals surface area contributed by atoms with Crippen LogP contribution in [0.2, 0.25) is 0 Å². The second-order valence-electron chi connectivity index (χ2n) is 6.09. The Morgan fingerprint density at radius 2 is 2.05 bits per heavy atom. The molecule has 0 aliphatic heterocycles. The number of ether oxygens (including phenoxy) is 1. The molecule has 116 valence electrons. The zero-order valence-corrected chi connectivity index (χ0v) is 14.0. The Labute approximate surface area is 127 Å². The number of nitrogens with zero attached hydrogens (tertiary/aromatic N) is 1. The van der Waals surface area contributed by atoms with E-state index in [4.69, 9.17) is 4.74 Å². The van der Waals surface area contributed by atoms with Crippen LogP contribution in [-0.4, -0.2) is 41.9 Å². The highest BCUT2D eigenvalue weighted by Gasteiger charge is 2.14. The topological polar surface area (TPSA) is 32.7 Å². The molecule has 0 fully saturated rings. The van der Waals surface area contributed by atoms with Crippen molar-refractivity contribution < 1.29 is 9.84 Å². The molecule has 0 saturated heterocycles. The van der Waals surface area contributed by atoms with Gasteiger partial charge in [0.2, 0.25) is 0 Å². The van der Waals surface area contributed by atoms with E-state index in [0.29, 0.717) is 19.1 Å². The van der Waals surface area contributed by atoms with Crippen molar-refractivity contribution >= 4 is 11.3 Å². The van der Waals surface area contributed by atoms with Crippen LogP contribution in [0.5, 0.6) is 0 Å². The molecule has 1 aromatic rings. The number of hydrogen-bond donors (Lipinski definition) is 1. The van der Waals surface area contributed by atoms with E-state index in [0.717, 1.165) is 19.5 Å². The van der Waals surface area contributed by atoms with E-state index < -0.39 is 6.10 Å². The standard InChI is InChI=1S/C16H29NO2S/c1-13(2)5-7-17(9-15-6-8-20-12-15)10-16(18)11-19-14(3)4/h6,8,12-14,16,18H,5,7,9-11H2,1-4H3/t16-/m0/s1. The van der Waals surface area contributed by atoms with Crippen LogP contribution in [-0.2, 0) is 11.3 Å². The van der Waals surface area contributed by atoms with Gasteiger partial charge in [0.15, 0.2) is 0 Å². The third-order valence-corrected chi connectivity index (χ3v) is 3.83. The lowest BCUT2D eigenvalue weighted by atomic mass is 10.1. The van der Waals surface area contributed by atoms with Gasteiger partial charge in [-0.3, -0.25) is 4.90 Å². The summed E-state index contributed by atoms with van der Waals surface area (Å²) in [5, 5.41) is 14.4. The van der Waals surface area contributed by atoms with Gasteiger partial charge >= 0.3 is 0 Å². The molecule has 0 bridgehead atoms. The molecule has 1 aromatic heterocycles. The van der Waals surface area contributed by atoms with Crippen molar-refractivity contribution in [1.82, 2.24) is 4.90 Å². The van der Waals surface area contributed by atoms with Crippen LogP contribution in [0.3, 0.4) is 0 Å². The minimum absolute atomic E-state index is 0.172. The molecule has 1 heterocycles. The van der Waals surface area contributed by atoms with Crippen LogP contribution < -0.4 is 0 Å². The average molecular weight is 299 g/mol. The molecule has 0 radical (unpaired) electrons. The van der Waals surface area contributed by atoms with Crippen LogP contribution in [0.15, 0.2) is 16.8 Å². The summed E-state index contributed by atoms with van der Waals surface area (Å²) in [7, 11) is 0. The molecule has 0 unspecified atom stereocenters. The van der Waals surface area contributed by atoms with Crippen LogP contribution in [0, 0.1) is 5.92 Å². The number of hydrogen-bond acceptors (Lipinski definition) is 4. The van der Waals surface area contributed by atoms with Crippen LogP contribution in [0.1, 0.15) is 39.7 Å². The average Bonchev–Trinajstić information content (AvgIpc) is 2.86. The molecule has 3 nitrogen and oxygen atoms in total. The summed E-state index contributed by atoms with van der Waals surface area (Å²) in [4.78, 5) is 2.33. The van der Waals surface area contributed by atoms with Gasteiger partial charge in [-0.25, -0.2) is 0 Å². The molecule has 20 heavy (non-hydrogen) atoms. The summed E-state index contributed by atoms with van der Waals surface area (Å²) in [5.41, 5.74) is 1.33. The SMILES string of the molecule is CC(C)CCN(Cc1ccsc1)C[C@H](O)COC(C)C. The number of thiophene rings is 1. The highest BCUT2D eigenvalue weighted by molar-refractivity contribution is 7.07. The van der Waals surface area contributed by atoms with E-state index in [1.54, 1.807) is 11.3 Å². The summed E-state index contributed by atoms with van der Waals surface area (Å²) < 4.78 is 5.49. The molecule has 0 saturated carbocycles. The molecule has 4 heteroatoms. The second-order valence-corrected chi connectivity index (χ2v) is 6.87.